The van der Waals surface area contributed by atoms with Gasteiger partial charge in [-0.05, 0) is 37.5 Å². The Kier molecular flexibility index (Phi) is 7.43. The molecular formula is C18H25IN6O. The number of guanidine groups is 1. The third kappa shape index (κ3) is 4.96. The van der Waals surface area contributed by atoms with Crippen molar-refractivity contribution >= 4 is 40.8 Å². The Morgan fingerprint density at radius 2 is 2.12 bits per heavy atom. The molecule has 8 heteroatoms. The molecule has 3 N–H and O–H groups in total. The predicted octanol–water partition coefficient (Wildman–Crippen LogP) is 3.08. The lowest BCUT2D eigenvalue weighted by molar-refractivity contribution is 0.387. The van der Waals surface area contributed by atoms with Gasteiger partial charge in [0.25, 0.3) is 0 Å². The molecule has 0 aliphatic carbocycles. The van der Waals surface area contributed by atoms with Crippen LogP contribution in [-0.2, 0) is 13.0 Å². The monoisotopic (exact) mass is 468 g/mol. The van der Waals surface area contributed by atoms with Crippen LogP contribution in [0.2, 0.25) is 0 Å². The Morgan fingerprint density at radius 1 is 1.27 bits per heavy atom. The normalized spacial score (nSPS) is 11.4. The molecule has 1 aromatic carbocycles. The summed E-state index contributed by atoms with van der Waals surface area (Å²) in [6, 6.07) is 6.33. The molecule has 0 spiro atoms. The largest absolute Gasteiger partial charge is 0.361 e. The van der Waals surface area contributed by atoms with Crippen LogP contribution in [0.5, 0.6) is 0 Å². The van der Waals surface area contributed by atoms with Crippen molar-refractivity contribution in [1.82, 2.24) is 25.8 Å². The number of H-pyrrole nitrogens is 1. The second-order valence-corrected chi connectivity index (χ2v) is 5.91. The van der Waals surface area contributed by atoms with Gasteiger partial charge in [0.05, 0.1) is 0 Å². The first-order valence-corrected chi connectivity index (χ1v) is 8.54. The summed E-state index contributed by atoms with van der Waals surface area (Å²) in [5, 5.41) is 11.8. The van der Waals surface area contributed by atoms with E-state index < -0.39 is 0 Å². The fourth-order valence-corrected chi connectivity index (χ4v) is 2.86. The second-order valence-electron chi connectivity index (χ2n) is 5.91. The summed E-state index contributed by atoms with van der Waals surface area (Å²) in [6.45, 7) is 7.93. The number of nitrogens with one attached hydrogen (secondary N) is 3. The van der Waals surface area contributed by atoms with E-state index in [2.05, 4.69) is 62.1 Å². The lowest BCUT2D eigenvalue weighted by atomic mass is 10.1. The third-order valence-electron chi connectivity index (χ3n) is 3.98. The van der Waals surface area contributed by atoms with Crippen molar-refractivity contribution in [3.05, 3.63) is 47.2 Å². The van der Waals surface area contributed by atoms with Crippen LogP contribution >= 0.6 is 24.0 Å². The molecule has 0 atom stereocenters. The van der Waals surface area contributed by atoms with Gasteiger partial charge in [-0.2, -0.15) is 4.98 Å². The molecule has 140 valence electrons. The van der Waals surface area contributed by atoms with Gasteiger partial charge < -0.3 is 20.1 Å². The summed E-state index contributed by atoms with van der Waals surface area (Å²) in [7, 11) is 0. The summed E-state index contributed by atoms with van der Waals surface area (Å²) < 4.78 is 4.96. The number of aromatic nitrogens is 3. The maximum atomic E-state index is 4.96. The lowest BCUT2D eigenvalue weighted by Crippen LogP contribution is -2.38. The quantitative estimate of drug-likeness (QED) is 0.294. The van der Waals surface area contributed by atoms with Crippen LogP contribution in [0.25, 0.3) is 10.9 Å². The number of fused-ring (bicyclic) bond motifs is 1. The van der Waals surface area contributed by atoms with Crippen molar-refractivity contribution in [2.45, 2.75) is 33.7 Å². The van der Waals surface area contributed by atoms with E-state index in [0.29, 0.717) is 18.3 Å². The summed E-state index contributed by atoms with van der Waals surface area (Å²) in [5.74, 6) is 1.89. The Hall–Kier alpha value is -2.10. The molecule has 2 aromatic heterocycles. The van der Waals surface area contributed by atoms with Gasteiger partial charge >= 0.3 is 0 Å². The molecule has 0 unspecified atom stereocenters. The minimum Gasteiger partial charge on any atom is -0.361 e. The summed E-state index contributed by atoms with van der Waals surface area (Å²) in [6.07, 6.45) is 3.00. The van der Waals surface area contributed by atoms with Crippen molar-refractivity contribution in [3.63, 3.8) is 0 Å². The number of hydrogen-bond acceptors (Lipinski definition) is 4. The molecule has 0 saturated carbocycles. The summed E-state index contributed by atoms with van der Waals surface area (Å²) in [4.78, 5) is 12.0. The van der Waals surface area contributed by atoms with Crippen molar-refractivity contribution in [2.24, 2.45) is 4.99 Å². The van der Waals surface area contributed by atoms with Crippen LogP contribution in [0.4, 0.5) is 0 Å². The van der Waals surface area contributed by atoms with E-state index in [1.54, 1.807) is 6.92 Å². The van der Waals surface area contributed by atoms with Gasteiger partial charge in [-0.1, -0.05) is 17.3 Å². The number of nitrogens with zero attached hydrogens (tertiary/aromatic N) is 3. The number of aromatic amines is 1. The minimum absolute atomic E-state index is 0. The Bertz CT molecular complexity index is 870. The Morgan fingerprint density at radius 3 is 2.85 bits per heavy atom. The molecule has 0 amide bonds. The van der Waals surface area contributed by atoms with Crippen LogP contribution in [0, 0.1) is 13.8 Å². The average molecular weight is 468 g/mol. The zero-order valence-corrected chi connectivity index (χ0v) is 17.6. The van der Waals surface area contributed by atoms with Gasteiger partial charge in [-0.15, -0.1) is 24.0 Å². The number of rotatable bonds is 6. The van der Waals surface area contributed by atoms with Crippen LogP contribution in [0.1, 0.15) is 29.8 Å². The van der Waals surface area contributed by atoms with E-state index in [1.807, 2.05) is 6.92 Å². The first-order chi connectivity index (χ1) is 12.2. The maximum Gasteiger partial charge on any atom is 0.223 e. The first kappa shape index (κ1) is 20.2. The maximum absolute atomic E-state index is 4.96. The topological polar surface area (TPSA) is 91.1 Å². The van der Waals surface area contributed by atoms with Crippen LogP contribution < -0.4 is 10.6 Å². The molecule has 7 nitrogen and oxygen atoms in total. The van der Waals surface area contributed by atoms with Gasteiger partial charge in [0.2, 0.25) is 5.89 Å². The lowest BCUT2D eigenvalue weighted by Gasteiger charge is -2.10. The highest BCUT2D eigenvalue weighted by atomic mass is 127. The zero-order chi connectivity index (χ0) is 17.6. The number of benzene rings is 1. The molecule has 2 heterocycles. The molecule has 0 aliphatic heterocycles. The molecule has 0 radical (unpaired) electrons. The van der Waals surface area contributed by atoms with E-state index in [-0.39, 0.29) is 24.0 Å². The zero-order valence-electron chi connectivity index (χ0n) is 15.3. The Balaban J connectivity index is 0.00000243. The van der Waals surface area contributed by atoms with Gasteiger partial charge in [0.1, 0.15) is 6.54 Å². The van der Waals surface area contributed by atoms with Gasteiger partial charge in [0.15, 0.2) is 11.8 Å². The molecule has 3 rings (SSSR count). The summed E-state index contributed by atoms with van der Waals surface area (Å²) in [5.41, 5.74) is 3.79. The van der Waals surface area contributed by atoms with Gasteiger partial charge in [0, 0.05) is 37.1 Å². The second kappa shape index (κ2) is 9.56. The SMILES string of the molecule is CCNC(=NCc1noc(C)n1)NCCc1c[nH]c2cccc(C)c12.I. The van der Waals surface area contributed by atoms with Gasteiger partial charge in [-0.3, -0.25) is 0 Å². The first-order valence-electron chi connectivity index (χ1n) is 8.54. The van der Waals surface area contributed by atoms with Crippen molar-refractivity contribution < 1.29 is 4.52 Å². The number of halogens is 1. The molecule has 0 fully saturated rings. The highest BCUT2D eigenvalue weighted by molar-refractivity contribution is 14.0. The standard InChI is InChI=1S/C18H24N6O.HI/c1-4-19-18(22-11-16-23-13(3)25-24-16)20-9-8-14-10-21-15-7-5-6-12(2)17(14)15;/h5-7,10,21H,4,8-9,11H2,1-3H3,(H2,19,20,22);1H. The number of aliphatic imine (C=N–C) groups is 1. The van der Waals surface area contributed by atoms with E-state index in [1.165, 1.54) is 22.0 Å². The van der Waals surface area contributed by atoms with Crippen molar-refractivity contribution in [1.29, 1.82) is 0 Å². The summed E-state index contributed by atoms with van der Waals surface area (Å²) >= 11 is 0. The van der Waals surface area contributed by atoms with Crippen LogP contribution in [0.3, 0.4) is 0 Å². The fraction of sp³-hybridized carbons (Fsp3) is 0.389. The molecule has 26 heavy (non-hydrogen) atoms. The molecular weight excluding hydrogens is 443 g/mol. The third-order valence-corrected chi connectivity index (χ3v) is 3.98. The predicted molar refractivity (Wildman–Crippen MR) is 114 cm³/mol. The van der Waals surface area contributed by atoms with Gasteiger partial charge in [-0.25, -0.2) is 4.99 Å². The van der Waals surface area contributed by atoms with Crippen LogP contribution in [0.15, 0.2) is 33.9 Å². The molecule has 0 saturated heterocycles. The number of aryl methyl sites for hydroxylation is 2. The van der Waals surface area contributed by atoms with Crippen LogP contribution in [-0.4, -0.2) is 34.2 Å². The molecule has 0 bridgehead atoms. The highest BCUT2D eigenvalue weighted by Crippen LogP contribution is 2.22. The highest BCUT2D eigenvalue weighted by Gasteiger charge is 2.07. The molecule has 0 aliphatic rings. The Labute approximate surface area is 170 Å². The number of hydrogen-bond donors (Lipinski definition) is 3. The minimum atomic E-state index is 0. The molecule has 3 aromatic rings. The van der Waals surface area contributed by atoms with E-state index in [4.69, 9.17) is 4.52 Å². The van der Waals surface area contributed by atoms with Crippen molar-refractivity contribution in [3.8, 4) is 0 Å². The smallest absolute Gasteiger partial charge is 0.223 e. The van der Waals surface area contributed by atoms with E-state index >= 15 is 0 Å². The van der Waals surface area contributed by atoms with Crippen molar-refractivity contribution in [2.75, 3.05) is 13.1 Å². The fourth-order valence-electron chi connectivity index (χ4n) is 2.86. The average Bonchev–Trinajstić information content (AvgIpc) is 3.20. The van der Waals surface area contributed by atoms with E-state index in [0.717, 1.165) is 25.5 Å². The van der Waals surface area contributed by atoms with E-state index in [9.17, 15) is 0 Å².